The highest BCUT2D eigenvalue weighted by molar-refractivity contribution is 9.10. The number of nitrogens with one attached hydrogen (secondary N) is 2. The number of halogens is 1. The molecule has 1 aromatic rings. The first-order chi connectivity index (χ1) is 11.2. The van der Waals surface area contributed by atoms with Gasteiger partial charge in [0.2, 0.25) is 0 Å². The fraction of sp³-hybridized carbons (Fsp3) is 0.500. The first-order valence-corrected chi connectivity index (χ1v) is 8.98. The minimum atomic E-state index is -0.255. The van der Waals surface area contributed by atoms with Crippen LogP contribution in [0.5, 0.6) is 0 Å². The first kappa shape index (κ1) is 16.6. The second-order valence-electron chi connectivity index (χ2n) is 6.06. The molecule has 23 heavy (non-hydrogen) atoms. The average molecular weight is 383 g/mol. The van der Waals surface area contributed by atoms with Crippen LogP contribution in [0.4, 0.5) is 5.69 Å². The van der Waals surface area contributed by atoms with Crippen LogP contribution in [0, 0.1) is 0 Å². The number of hydrazone groups is 1. The minimum absolute atomic E-state index is 0.0127. The van der Waals surface area contributed by atoms with Crippen molar-refractivity contribution in [1.82, 2.24) is 0 Å². The number of carbonyl (C=O) groups is 1. The summed E-state index contributed by atoms with van der Waals surface area (Å²) in [6.45, 7) is 5.08. The predicted molar refractivity (Wildman–Crippen MR) is 92.3 cm³/mol. The molecule has 124 valence electrons. The van der Waals surface area contributed by atoms with Crippen LogP contribution >= 0.6 is 15.9 Å². The standard InChI is InChI=1S/C16H21BrN4O2/c17-15-14(20-8-6-19(7-9-20)10-11-22)12-18-21(16(15)23)13-4-2-1-3-5-13/h1-5,12,14-15,22H,6-11H2/p+2/t14-,15+/m0/s1. The highest BCUT2D eigenvalue weighted by Crippen LogP contribution is 2.20. The molecule has 3 N–H and O–H groups in total. The monoisotopic (exact) mass is 382 g/mol. The van der Waals surface area contributed by atoms with Crippen LogP contribution in [0.25, 0.3) is 0 Å². The lowest BCUT2D eigenvalue weighted by Crippen LogP contribution is -3.30. The smallest absolute Gasteiger partial charge is 0.267 e. The Morgan fingerprint density at radius 3 is 2.57 bits per heavy atom. The molecule has 0 aromatic heterocycles. The zero-order chi connectivity index (χ0) is 16.2. The molecule has 1 amide bonds. The predicted octanol–water partition coefficient (Wildman–Crippen LogP) is -2.07. The summed E-state index contributed by atoms with van der Waals surface area (Å²) in [5.41, 5.74) is 0.795. The van der Waals surface area contributed by atoms with E-state index in [0.29, 0.717) is 0 Å². The van der Waals surface area contributed by atoms with Gasteiger partial charge in [0.15, 0.2) is 4.83 Å². The van der Waals surface area contributed by atoms with E-state index in [1.165, 1.54) is 14.8 Å². The maximum Gasteiger partial charge on any atom is 0.267 e. The topological polar surface area (TPSA) is 61.8 Å². The number of hydrogen-bond acceptors (Lipinski definition) is 3. The van der Waals surface area contributed by atoms with Gasteiger partial charge in [-0.2, -0.15) is 10.1 Å². The summed E-state index contributed by atoms with van der Waals surface area (Å²) >= 11 is 3.59. The number of rotatable bonds is 4. The third-order valence-corrected chi connectivity index (χ3v) is 5.60. The zero-order valence-corrected chi connectivity index (χ0v) is 14.6. The molecule has 0 radical (unpaired) electrons. The SMILES string of the molecule is O=C1[C@H](Br)[C@@H]([NH+]2CC[NH+](CCO)CC2)C=NN1c1ccccc1. The van der Waals surface area contributed by atoms with Crippen LogP contribution in [0.15, 0.2) is 35.4 Å². The molecule has 2 heterocycles. The second-order valence-corrected chi connectivity index (χ2v) is 7.05. The minimum Gasteiger partial charge on any atom is -0.391 e. The number of anilines is 1. The van der Waals surface area contributed by atoms with Gasteiger partial charge in [-0.3, -0.25) is 4.79 Å². The summed E-state index contributed by atoms with van der Waals surface area (Å²) in [7, 11) is 0. The molecule has 1 aromatic carbocycles. The van der Waals surface area contributed by atoms with Crippen LogP contribution in [0.1, 0.15) is 0 Å². The molecule has 1 fully saturated rings. The molecule has 6 nitrogen and oxygen atoms in total. The molecular weight excluding hydrogens is 360 g/mol. The molecule has 2 aliphatic heterocycles. The molecular formula is C16H23BrN4O2+2. The number of amides is 1. The fourth-order valence-corrected chi connectivity index (χ4v) is 3.99. The number of aliphatic hydroxyl groups excluding tert-OH is 1. The Labute approximate surface area is 144 Å². The summed E-state index contributed by atoms with van der Waals surface area (Å²) in [5.74, 6) is -0.0127. The van der Waals surface area contributed by atoms with Crippen molar-refractivity contribution in [1.29, 1.82) is 0 Å². The van der Waals surface area contributed by atoms with E-state index in [1.807, 2.05) is 36.5 Å². The Kier molecular flexibility index (Phi) is 5.42. The fourth-order valence-electron chi connectivity index (χ4n) is 3.28. The Morgan fingerprint density at radius 1 is 1.22 bits per heavy atom. The van der Waals surface area contributed by atoms with E-state index in [1.54, 1.807) is 0 Å². The number of carbonyl (C=O) groups excluding carboxylic acids is 1. The van der Waals surface area contributed by atoms with Gasteiger partial charge in [-0.05, 0) is 12.1 Å². The number of quaternary nitrogens is 2. The van der Waals surface area contributed by atoms with Gasteiger partial charge in [0.1, 0.15) is 38.8 Å². The normalized spacial score (nSPS) is 31.4. The van der Waals surface area contributed by atoms with Crippen molar-refractivity contribution in [2.45, 2.75) is 10.9 Å². The maximum absolute atomic E-state index is 12.7. The lowest BCUT2D eigenvalue weighted by atomic mass is 10.1. The van der Waals surface area contributed by atoms with Crippen molar-refractivity contribution in [3.05, 3.63) is 30.3 Å². The van der Waals surface area contributed by atoms with Gasteiger partial charge in [-0.1, -0.05) is 34.1 Å². The average Bonchev–Trinajstić information content (AvgIpc) is 2.59. The molecule has 0 unspecified atom stereocenters. The van der Waals surface area contributed by atoms with Crippen molar-refractivity contribution in [2.75, 3.05) is 44.3 Å². The van der Waals surface area contributed by atoms with Crippen LogP contribution < -0.4 is 14.8 Å². The van der Waals surface area contributed by atoms with Crippen molar-refractivity contribution >= 4 is 33.7 Å². The number of aliphatic hydroxyl groups is 1. The van der Waals surface area contributed by atoms with Gasteiger partial charge in [-0.25, -0.2) is 0 Å². The van der Waals surface area contributed by atoms with Gasteiger partial charge in [0.05, 0.1) is 18.5 Å². The third-order valence-electron chi connectivity index (χ3n) is 4.64. The van der Waals surface area contributed by atoms with Crippen molar-refractivity contribution < 1.29 is 19.7 Å². The Morgan fingerprint density at radius 2 is 1.91 bits per heavy atom. The van der Waals surface area contributed by atoms with Crippen LogP contribution in [-0.2, 0) is 4.79 Å². The van der Waals surface area contributed by atoms with Crippen LogP contribution in [-0.4, -0.2) is 67.4 Å². The molecule has 1 saturated heterocycles. The number of hydrogen-bond donors (Lipinski definition) is 3. The van der Waals surface area contributed by atoms with Crippen molar-refractivity contribution in [2.24, 2.45) is 5.10 Å². The van der Waals surface area contributed by atoms with Crippen molar-refractivity contribution in [3.63, 3.8) is 0 Å². The van der Waals surface area contributed by atoms with E-state index in [9.17, 15) is 4.79 Å². The highest BCUT2D eigenvalue weighted by atomic mass is 79.9. The number of benzene rings is 1. The first-order valence-electron chi connectivity index (χ1n) is 8.07. The summed E-state index contributed by atoms with van der Waals surface area (Å²) in [6.07, 6.45) is 1.90. The number of piperazine rings is 1. The summed E-state index contributed by atoms with van der Waals surface area (Å²) in [5, 5.41) is 14.9. The van der Waals surface area contributed by atoms with E-state index in [2.05, 4.69) is 21.0 Å². The van der Waals surface area contributed by atoms with Gasteiger partial charge in [0.25, 0.3) is 5.91 Å². The van der Waals surface area contributed by atoms with E-state index < -0.39 is 0 Å². The van der Waals surface area contributed by atoms with Gasteiger partial charge >= 0.3 is 0 Å². The summed E-state index contributed by atoms with van der Waals surface area (Å²) in [6, 6.07) is 9.58. The third kappa shape index (κ3) is 3.63. The molecule has 2 atom stereocenters. The van der Waals surface area contributed by atoms with Crippen LogP contribution in [0.2, 0.25) is 0 Å². The second kappa shape index (κ2) is 7.53. The molecule has 2 aliphatic rings. The Bertz CT molecular complexity index is 560. The van der Waals surface area contributed by atoms with E-state index in [0.717, 1.165) is 38.4 Å². The van der Waals surface area contributed by atoms with E-state index in [4.69, 9.17) is 5.11 Å². The highest BCUT2D eigenvalue weighted by Gasteiger charge is 2.41. The maximum atomic E-state index is 12.7. The largest absolute Gasteiger partial charge is 0.391 e. The van der Waals surface area contributed by atoms with Gasteiger partial charge < -0.3 is 14.9 Å². The summed E-state index contributed by atoms with van der Waals surface area (Å²) < 4.78 is 0. The summed E-state index contributed by atoms with van der Waals surface area (Å²) in [4.78, 5) is 15.2. The van der Waals surface area contributed by atoms with Crippen LogP contribution in [0.3, 0.4) is 0 Å². The molecule has 0 bridgehead atoms. The molecule has 0 aliphatic carbocycles. The van der Waals surface area contributed by atoms with Gasteiger partial charge in [0, 0.05) is 0 Å². The molecule has 0 saturated carbocycles. The molecule has 7 heteroatoms. The van der Waals surface area contributed by atoms with E-state index in [-0.39, 0.29) is 23.4 Å². The number of para-hydroxylation sites is 1. The number of alkyl halides is 1. The van der Waals surface area contributed by atoms with Gasteiger partial charge in [-0.15, -0.1) is 0 Å². The Balaban J connectivity index is 1.68. The zero-order valence-electron chi connectivity index (χ0n) is 13.0. The van der Waals surface area contributed by atoms with Crippen molar-refractivity contribution in [3.8, 4) is 0 Å². The Hall–Kier alpha value is -1.28. The lowest BCUT2D eigenvalue weighted by Gasteiger charge is -2.37. The lowest BCUT2D eigenvalue weighted by molar-refractivity contribution is -1.02. The number of nitrogens with zero attached hydrogens (tertiary/aromatic N) is 2. The quantitative estimate of drug-likeness (QED) is 0.523. The van der Waals surface area contributed by atoms with E-state index >= 15 is 0 Å². The molecule has 3 rings (SSSR count). The molecule has 0 spiro atoms.